The predicted octanol–water partition coefficient (Wildman–Crippen LogP) is 5.70. The van der Waals surface area contributed by atoms with E-state index in [0.717, 1.165) is 13.0 Å². The lowest BCUT2D eigenvalue weighted by atomic mass is 10.0. The molecule has 40 heavy (non-hydrogen) atoms. The molecule has 0 aliphatic rings. The number of rotatable bonds is 25. The summed E-state index contributed by atoms with van der Waals surface area (Å²) in [5.41, 5.74) is 0. The summed E-state index contributed by atoms with van der Waals surface area (Å²) in [7, 11) is 5.04. The van der Waals surface area contributed by atoms with Gasteiger partial charge < -0.3 is 34.3 Å². The molecule has 11 heteroatoms. The van der Waals surface area contributed by atoms with Crippen LogP contribution in [-0.2, 0) is 13.8 Å². The average Bonchev–Trinajstić information content (AvgIpc) is 2.86. The molecule has 0 spiro atoms. The molecular formula is C29H65N3O7P+. The number of quaternary nitrogens is 1. The number of phosphoric acid groups is 1. The molecule has 4 N–H and O–H groups in total. The Morgan fingerprint density at radius 1 is 0.850 bits per heavy atom. The highest BCUT2D eigenvalue weighted by Crippen LogP contribution is 2.35. The molecule has 0 aliphatic heterocycles. The maximum Gasteiger partial charge on any atom is 0.469 e. The van der Waals surface area contributed by atoms with Crippen molar-refractivity contribution in [1.29, 1.82) is 0 Å². The van der Waals surface area contributed by atoms with Gasteiger partial charge in [-0.25, -0.2) is 9.36 Å². The van der Waals surface area contributed by atoms with E-state index >= 15 is 0 Å². The van der Waals surface area contributed by atoms with Crippen molar-refractivity contribution in [3.05, 3.63) is 0 Å². The zero-order chi connectivity index (χ0) is 30.7. The maximum absolute atomic E-state index is 11.2. The molecule has 242 valence electrons. The summed E-state index contributed by atoms with van der Waals surface area (Å²) >= 11 is 0. The standard InChI is InChI=1S/C24H50N2O3.C5H14NO4P/c1-4-5-6-7-8-9-10-11-12-13-14-15-16-17-18-19-20-26(3)21-23(22-27)29-24(28)25-2;1-6(2,3)4-5-10-11(7,8)9/h23,27H,4-22H2,1-3H3,(H,25,28);4-5H2,1-3H3,(H-,7,8,9)/p+1. The lowest BCUT2D eigenvalue weighted by Gasteiger charge is -2.23. The normalized spacial score (nSPS) is 12.7. The van der Waals surface area contributed by atoms with Crippen molar-refractivity contribution >= 4 is 13.9 Å². The molecule has 0 fully saturated rings. The Morgan fingerprint density at radius 2 is 1.27 bits per heavy atom. The van der Waals surface area contributed by atoms with Crippen molar-refractivity contribution in [2.75, 3.05) is 68.1 Å². The zero-order valence-electron chi connectivity index (χ0n) is 26.7. The summed E-state index contributed by atoms with van der Waals surface area (Å²) in [5.74, 6) is 0. The molecule has 0 rings (SSSR count). The van der Waals surface area contributed by atoms with Crippen LogP contribution in [0.25, 0.3) is 0 Å². The first-order valence-electron chi connectivity index (χ1n) is 15.5. The summed E-state index contributed by atoms with van der Waals surface area (Å²) in [5, 5.41) is 11.7. The van der Waals surface area contributed by atoms with Crippen LogP contribution in [0.2, 0.25) is 0 Å². The highest BCUT2D eigenvalue weighted by molar-refractivity contribution is 7.46. The fraction of sp³-hybridized carbons (Fsp3) is 0.966. The largest absolute Gasteiger partial charge is 0.469 e. The summed E-state index contributed by atoms with van der Waals surface area (Å²) < 4.78 is 20.2. The van der Waals surface area contributed by atoms with Gasteiger partial charge in [0.1, 0.15) is 19.3 Å². The molecule has 0 radical (unpaired) electrons. The SMILES string of the molecule is CCCCCCCCCCCCCCCCCCN(C)CC(CO)OC(=O)NC.C[N+](C)(C)CCOP(=O)(O)O. The Hall–Kier alpha value is -0.740. The Morgan fingerprint density at radius 3 is 1.62 bits per heavy atom. The molecule has 0 bridgehead atoms. The molecule has 0 heterocycles. The van der Waals surface area contributed by atoms with Crippen molar-refractivity contribution in [2.24, 2.45) is 0 Å². The van der Waals surface area contributed by atoms with Crippen molar-refractivity contribution < 1.29 is 38.0 Å². The molecule has 0 aromatic carbocycles. The first-order valence-corrected chi connectivity index (χ1v) is 17.1. The molecule has 10 nitrogen and oxygen atoms in total. The first kappa shape index (κ1) is 41.4. The Bertz CT molecular complexity index is 615. The number of hydrogen-bond donors (Lipinski definition) is 4. The van der Waals surface area contributed by atoms with Crippen LogP contribution >= 0.6 is 7.82 Å². The number of alkyl carbamates (subject to hydrolysis) is 1. The average molecular weight is 599 g/mol. The second kappa shape index (κ2) is 27.1. The lowest BCUT2D eigenvalue weighted by Crippen LogP contribution is -2.37. The number of ether oxygens (including phenoxy) is 1. The number of nitrogens with one attached hydrogen (secondary N) is 1. The van der Waals surface area contributed by atoms with Gasteiger partial charge >= 0.3 is 13.9 Å². The van der Waals surface area contributed by atoms with Gasteiger partial charge in [0, 0.05) is 13.6 Å². The number of nitrogens with zero attached hydrogens (tertiary/aromatic N) is 2. The third kappa shape index (κ3) is 35.3. The Labute approximate surface area is 246 Å². The number of carbonyl (C=O) groups excluding carboxylic acids is 1. The van der Waals surface area contributed by atoms with E-state index in [1.165, 1.54) is 103 Å². The molecule has 0 saturated carbocycles. The van der Waals surface area contributed by atoms with Crippen molar-refractivity contribution in [3.63, 3.8) is 0 Å². The minimum atomic E-state index is -4.26. The summed E-state index contributed by atoms with van der Waals surface area (Å²) in [6.07, 6.45) is 21.1. The van der Waals surface area contributed by atoms with Crippen molar-refractivity contribution in [3.8, 4) is 0 Å². The maximum atomic E-state index is 11.2. The van der Waals surface area contributed by atoms with E-state index in [2.05, 4.69) is 21.7 Å². The third-order valence-electron chi connectivity index (χ3n) is 6.61. The second-order valence-corrected chi connectivity index (χ2v) is 13.1. The second-order valence-electron chi connectivity index (χ2n) is 11.9. The number of aliphatic hydroxyl groups is 1. The molecule has 0 aromatic rings. The highest BCUT2D eigenvalue weighted by atomic mass is 31.2. The molecule has 1 amide bonds. The van der Waals surface area contributed by atoms with E-state index in [4.69, 9.17) is 14.5 Å². The number of hydrogen-bond acceptors (Lipinski definition) is 6. The number of phosphoric ester groups is 1. The Balaban J connectivity index is 0. The zero-order valence-corrected chi connectivity index (χ0v) is 27.6. The minimum absolute atomic E-state index is 0.0772. The molecule has 0 aromatic heterocycles. The van der Waals surface area contributed by atoms with E-state index in [0.29, 0.717) is 17.6 Å². The molecule has 1 atom stereocenters. The van der Waals surface area contributed by atoms with Gasteiger partial charge in [-0.15, -0.1) is 0 Å². The summed E-state index contributed by atoms with van der Waals surface area (Å²) in [4.78, 5) is 29.9. The monoisotopic (exact) mass is 598 g/mol. The predicted molar refractivity (Wildman–Crippen MR) is 164 cm³/mol. The van der Waals surface area contributed by atoms with Gasteiger partial charge in [-0.05, 0) is 20.0 Å². The first-order chi connectivity index (χ1) is 18.8. The van der Waals surface area contributed by atoms with E-state index in [1.54, 1.807) is 0 Å². The van der Waals surface area contributed by atoms with Gasteiger partial charge in [-0.2, -0.15) is 0 Å². The van der Waals surface area contributed by atoms with Crippen LogP contribution in [0.1, 0.15) is 110 Å². The number of likely N-dealkylation sites (N-methyl/N-ethyl adjacent to an activating group) is 2. The molecule has 0 aliphatic carbocycles. The van der Waals surface area contributed by atoms with Crippen LogP contribution in [0.4, 0.5) is 4.79 Å². The van der Waals surface area contributed by atoms with E-state index < -0.39 is 20.0 Å². The molecule has 1 unspecified atom stereocenters. The van der Waals surface area contributed by atoms with Crippen molar-refractivity contribution in [2.45, 2.75) is 116 Å². The number of amides is 1. The Kier molecular flexibility index (Phi) is 28.1. The van der Waals surface area contributed by atoms with E-state index in [-0.39, 0.29) is 13.2 Å². The van der Waals surface area contributed by atoms with Crippen LogP contribution in [0, 0.1) is 0 Å². The van der Waals surface area contributed by atoms with Gasteiger partial charge in [0.25, 0.3) is 0 Å². The quantitative estimate of drug-likeness (QED) is 0.0599. The number of carbonyl (C=O) groups is 1. The van der Waals surface area contributed by atoms with Gasteiger partial charge in [0.05, 0.1) is 27.7 Å². The van der Waals surface area contributed by atoms with E-state index in [1.807, 2.05) is 28.2 Å². The van der Waals surface area contributed by atoms with Crippen LogP contribution < -0.4 is 5.32 Å². The number of aliphatic hydroxyl groups excluding tert-OH is 1. The minimum Gasteiger partial charge on any atom is -0.442 e. The van der Waals surface area contributed by atoms with Crippen LogP contribution in [0.3, 0.4) is 0 Å². The lowest BCUT2D eigenvalue weighted by molar-refractivity contribution is -0.870. The smallest absolute Gasteiger partial charge is 0.442 e. The van der Waals surface area contributed by atoms with Gasteiger partial charge in [-0.1, -0.05) is 103 Å². The van der Waals surface area contributed by atoms with Gasteiger partial charge in [0.2, 0.25) is 0 Å². The van der Waals surface area contributed by atoms with E-state index in [9.17, 15) is 14.5 Å². The fourth-order valence-corrected chi connectivity index (χ4v) is 4.46. The summed E-state index contributed by atoms with van der Waals surface area (Å²) in [6, 6.07) is 0. The highest BCUT2D eigenvalue weighted by Gasteiger charge is 2.16. The number of unbranched alkanes of at least 4 members (excludes halogenated alkanes) is 15. The summed E-state index contributed by atoms with van der Waals surface area (Å²) in [6.45, 7) is 4.34. The van der Waals surface area contributed by atoms with Gasteiger partial charge in [0.15, 0.2) is 0 Å². The van der Waals surface area contributed by atoms with Crippen molar-refractivity contribution in [1.82, 2.24) is 10.2 Å². The van der Waals surface area contributed by atoms with Gasteiger partial charge in [-0.3, -0.25) is 4.52 Å². The fourth-order valence-electron chi connectivity index (χ4n) is 4.14. The van der Waals surface area contributed by atoms with Crippen LogP contribution in [-0.4, -0.2) is 105 Å². The molecular weight excluding hydrogens is 533 g/mol. The topological polar surface area (TPSA) is 129 Å². The van der Waals surface area contributed by atoms with Crippen LogP contribution in [0.5, 0.6) is 0 Å². The third-order valence-corrected chi connectivity index (χ3v) is 7.13. The molecule has 0 saturated heterocycles. The van der Waals surface area contributed by atoms with Crippen LogP contribution in [0.15, 0.2) is 0 Å².